The number of nitrogens with zero attached hydrogens (tertiary/aromatic N) is 2. The number of piperazine rings is 1. The molecular weight excluding hydrogens is 264 g/mol. The topological polar surface area (TPSA) is 6.48 Å². The molecule has 2 nitrogen and oxygen atoms in total. The first-order valence-electron chi connectivity index (χ1n) is 8.16. The van der Waals surface area contributed by atoms with E-state index in [4.69, 9.17) is 0 Å². The van der Waals surface area contributed by atoms with E-state index in [1.54, 1.807) is 4.88 Å². The first-order valence-corrected chi connectivity index (χ1v) is 9.04. The molecular formula is C17H28N2S. The molecule has 2 unspecified atom stereocenters. The third kappa shape index (κ3) is 2.95. The summed E-state index contributed by atoms with van der Waals surface area (Å²) in [5, 5.41) is 2.24. The molecule has 0 aliphatic carbocycles. The van der Waals surface area contributed by atoms with Gasteiger partial charge in [0, 0.05) is 36.6 Å². The highest BCUT2D eigenvalue weighted by Gasteiger charge is 2.36. The summed E-state index contributed by atoms with van der Waals surface area (Å²) in [6.07, 6.45) is 4.25. The lowest BCUT2D eigenvalue weighted by Gasteiger charge is -2.49. The molecule has 0 amide bonds. The summed E-state index contributed by atoms with van der Waals surface area (Å²) in [5.41, 5.74) is 1.48. The molecule has 0 N–H and O–H groups in total. The highest BCUT2D eigenvalue weighted by Crippen LogP contribution is 2.29. The van der Waals surface area contributed by atoms with Gasteiger partial charge < -0.3 is 0 Å². The fourth-order valence-corrected chi connectivity index (χ4v) is 4.76. The Bertz CT molecular complexity index is 440. The molecule has 3 rings (SSSR count). The Balaban J connectivity index is 1.74. The summed E-state index contributed by atoms with van der Waals surface area (Å²) in [7, 11) is 0. The second kappa shape index (κ2) is 6.17. The third-order valence-electron chi connectivity index (χ3n) is 5.17. The molecule has 0 radical (unpaired) electrons. The van der Waals surface area contributed by atoms with E-state index >= 15 is 0 Å². The normalized spacial score (nSPS) is 28.8. The Morgan fingerprint density at radius 1 is 1.30 bits per heavy atom. The SMILES string of the molecule is Cc1ccsc1CN1CC2CCCCN2CC1C(C)C. The van der Waals surface area contributed by atoms with Crippen molar-refractivity contribution in [1.82, 2.24) is 9.80 Å². The molecule has 2 fully saturated rings. The molecule has 2 saturated heterocycles. The monoisotopic (exact) mass is 292 g/mol. The maximum Gasteiger partial charge on any atom is 0.0334 e. The Kier molecular flexibility index (Phi) is 4.49. The number of piperidine rings is 1. The van der Waals surface area contributed by atoms with Crippen molar-refractivity contribution in [3.05, 3.63) is 21.9 Å². The third-order valence-corrected chi connectivity index (χ3v) is 6.18. The molecule has 3 heterocycles. The molecule has 112 valence electrons. The molecule has 2 aliphatic rings. The van der Waals surface area contributed by atoms with Gasteiger partial charge in [0.05, 0.1) is 0 Å². The Labute approximate surface area is 127 Å². The zero-order chi connectivity index (χ0) is 14.1. The first-order chi connectivity index (χ1) is 9.65. The number of hydrogen-bond donors (Lipinski definition) is 0. The van der Waals surface area contributed by atoms with E-state index in [1.165, 1.54) is 44.5 Å². The number of aryl methyl sites for hydroxylation is 1. The van der Waals surface area contributed by atoms with Gasteiger partial charge in [-0.15, -0.1) is 11.3 Å². The predicted molar refractivity (Wildman–Crippen MR) is 87.3 cm³/mol. The largest absolute Gasteiger partial charge is 0.298 e. The van der Waals surface area contributed by atoms with E-state index in [9.17, 15) is 0 Å². The minimum absolute atomic E-state index is 0.728. The van der Waals surface area contributed by atoms with Crippen LogP contribution in [0, 0.1) is 12.8 Å². The van der Waals surface area contributed by atoms with E-state index in [2.05, 4.69) is 42.0 Å². The van der Waals surface area contributed by atoms with Crippen LogP contribution < -0.4 is 0 Å². The lowest BCUT2D eigenvalue weighted by Crippen LogP contribution is -2.60. The standard InChI is InChI=1S/C17H28N2S/c1-13(2)16-11-18-8-5-4-6-15(18)10-19(16)12-17-14(3)7-9-20-17/h7,9,13,15-16H,4-6,8,10-12H2,1-3H3. The molecule has 1 aromatic heterocycles. The maximum atomic E-state index is 2.77. The molecule has 0 spiro atoms. The Hall–Kier alpha value is -0.380. The highest BCUT2D eigenvalue weighted by molar-refractivity contribution is 7.10. The zero-order valence-corrected chi connectivity index (χ0v) is 14.0. The fraction of sp³-hybridized carbons (Fsp3) is 0.765. The second-order valence-electron chi connectivity index (χ2n) is 6.91. The van der Waals surface area contributed by atoms with Gasteiger partial charge in [0.25, 0.3) is 0 Å². The van der Waals surface area contributed by atoms with Gasteiger partial charge in [0.2, 0.25) is 0 Å². The van der Waals surface area contributed by atoms with Crippen molar-refractivity contribution in [1.29, 1.82) is 0 Å². The average Bonchev–Trinajstić information content (AvgIpc) is 2.83. The van der Waals surface area contributed by atoms with Gasteiger partial charge in [-0.05, 0) is 49.2 Å². The molecule has 2 aliphatic heterocycles. The van der Waals surface area contributed by atoms with Crippen molar-refractivity contribution >= 4 is 11.3 Å². The van der Waals surface area contributed by atoms with Gasteiger partial charge in [0.15, 0.2) is 0 Å². The van der Waals surface area contributed by atoms with Crippen molar-refractivity contribution in [3.8, 4) is 0 Å². The van der Waals surface area contributed by atoms with E-state index in [-0.39, 0.29) is 0 Å². The number of thiophene rings is 1. The summed E-state index contributed by atoms with van der Waals surface area (Å²) in [6, 6.07) is 3.81. The lowest BCUT2D eigenvalue weighted by atomic mass is 9.92. The Morgan fingerprint density at radius 3 is 2.85 bits per heavy atom. The van der Waals surface area contributed by atoms with Crippen LogP contribution in [0.5, 0.6) is 0 Å². The van der Waals surface area contributed by atoms with Crippen molar-refractivity contribution in [2.75, 3.05) is 19.6 Å². The number of fused-ring (bicyclic) bond motifs is 1. The van der Waals surface area contributed by atoms with Crippen LogP contribution in [0.1, 0.15) is 43.6 Å². The zero-order valence-electron chi connectivity index (χ0n) is 13.1. The van der Waals surface area contributed by atoms with Gasteiger partial charge in [0.1, 0.15) is 0 Å². The smallest absolute Gasteiger partial charge is 0.0334 e. The second-order valence-corrected chi connectivity index (χ2v) is 7.91. The first kappa shape index (κ1) is 14.6. The molecule has 0 bridgehead atoms. The fourth-order valence-electron chi connectivity index (χ4n) is 3.83. The van der Waals surface area contributed by atoms with E-state index in [1.807, 2.05) is 11.3 Å². The highest BCUT2D eigenvalue weighted by atomic mass is 32.1. The minimum Gasteiger partial charge on any atom is -0.298 e. The van der Waals surface area contributed by atoms with Crippen LogP contribution in [0.2, 0.25) is 0 Å². The van der Waals surface area contributed by atoms with Gasteiger partial charge in [-0.3, -0.25) is 9.80 Å². The van der Waals surface area contributed by atoms with Crippen LogP contribution >= 0.6 is 11.3 Å². The molecule has 1 aromatic rings. The molecule has 3 heteroatoms. The average molecular weight is 292 g/mol. The van der Waals surface area contributed by atoms with Crippen LogP contribution in [0.15, 0.2) is 11.4 Å². The minimum atomic E-state index is 0.728. The molecule has 0 aromatic carbocycles. The number of hydrogen-bond acceptors (Lipinski definition) is 3. The summed E-state index contributed by atoms with van der Waals surface area (Å²) in [6.45, 7) is 12.1. The quantitative estimate of drug-likeness (QED) is 0.837. The van der Waals surface area contributed by atoms with E-state index < -0.39 is 0 Å². The van der Waals surface area contributed by atoms with Crippen LogP contribution in [0.3, 0.4) is 0 Å². The summed E-state index contributed by atoms with van der Waals surface area (Å²) < 4.78 is 0. The summed E-state index contributed by atoms with van der Waals surface area (Å²) in [4.78, 5) is 7.11. The predicted octanol–water partition coefficient (Wildman–Crippen LogP) is 3.75. The molecule has 20 heavy (non-hydrogen) atoms. The molecule has 0 saturated carbocycles. The van der Waals surface area contributed by atoms with Crippen molar-refractivity contribution in [3.63, 3.8) is 0 Å². The van der Waals surface area contributed by atoms with Gasteiger partial charge in [-0.2, -0.15) is 0 Å². The summed E-state index contributed by atoms with van der Waals surface area (Å²) in [5.74, 6) is 0.748. The van der Waals surface area contributed by atoms with Crippen molar-refractivity contribution in [2.24, 2.45) is 5.92 Å². The van der Waals surface area contributed by atoms with E-state index in [0.29, 0.717) is 0 Å². The molecule has 2 atom stereocenters. The summed E-state index contributed by atoms with van der Waals surface area (Å²) >= 11 is 1.93. The van der Waals surface area contributed by atoms with Gasteiger partial charge in [-0.25, -0.2) is 0 Å². The van der Waals surface area contributed by atoms with Crippen LogP contribution in [0.4, 0.5) is 0 Å². The van der Waals surface area contributed by atoms with Crippen molar-refractivity contribution in [2.45, 2.75) is 58.7 Å². The van der Waals surface area contributed by atoms with Crippen molar-refractivity contribution < 1.29 is 0 Å². The van der Waals surface area contributed by atoms with Gasteiger partial charge in [-0.1, -0.05) is 20.3 Å². The lowest BCUT2D eigenvalue weighted by molar-refractivity contribution is -0.0114. The van der Waals surface area contributed by atoms with E-state index in [0.717, 1.165) is 24.5 Å². The van der Waals surface area contributed by atoms with Crippen LogP contribution in [0.25, 0.3) is 0 Å². The maximum absolute atomic E-state index is 2.77. The van der Waals surface area contributed by atoms with Crippen LogP contribution in [-0.4, -0.2) is 41.5 Å². The Morgan fingerprint density at radius 2 is 2.15 bits per heavy atom. The van der Waals surface area contributed by atoms with Crippen LogP contribution in [-0.2, 0) is 6.54 Å². The van der Waals surface area contributed by atoms with Gasteiger partial charge >= 0.3 is 0 Å². The number of rotatable bonds is 3.